The van der Waals surface area contributed by atoms with Gasteiger partial charge in [0.2, 0.25) is 0 Å². The van der Waals surface area contributed by atoms with Crippen molar-refractivity contribution in [3.05, 3.63) is 37.7 Å². The molecule has 0 aliphatic carbocycles. The number of hydrogen-bond acceptors (Lipinski definition) is 3. The van der Waals surface area contributed by atoms with Crippen LogP contribution in [0.4, 0.5) is 0 Å². The van der Waals surface area contributed by atoms with Crippen molar-refractivity contribution in [2.45, 2.75) is 45.6 Å². The Morgan fingerprint density at radius 2 is 2.05 bits per heavy atom. The van der Waals surface area contributed by atoms with Gasteiger partial charge in [-0.1, -0.05) is 20.8 Å². The first-order valence-electron chi connectivity index (χ1n) is 6.66. The van der Waals surface area contributed by atoms with Gasteiger partial charge in [-0.2, -0.15) is 5.10 Å². The van der Waals surface area contributed by atoms with Crippen LogP contribution in [0.1, 0.15) is 48.0 Å². The largest absolute Gasteiger partial charge is 0.387 e. The van der Waals surface area contributed by atoms with Crippen molar-refractivity contribution in [1.82, 2.24) is 9.78 Å². The SMILES string of the molecule is Cc1nn(C)c(CC(O)c2ccc(C(C)(C)C)s2)c1Br. The van der Waals surface area contributed by atoms with Crippen LogP contribution in [0.25, 0.3) is 0 Å². The van der Waals surface area contributed by atoms with E-state index in [4.69, 9.17) is 0 Å². The van der Waals surface area contributed by atoms with Gasteiger partial charge in [0.25, 0.3) is 0 Å². The summed E-state index contributed by atoms with van der Waals surface area (Å²) in [5, 5.41) is 14.8. The van der Waals surface area contributed by atoms with Gasteiger partial charge in [0.15, 0.2) is 0 Å². The molecule has 0 amide bonds. The van der Waals surface area contributed by atoms with E-state index < -0.39 is 6.10 Å². The van der Waals surface area contributed by atoms with Gasteiger partial charge in [-0.3, -0.25) is 4.68 Å². The molecule has 1 unspecified atom stereocenters. The molecule has 3 nitrogen and oxygen atoms in total. The van der Waals surface area contributed by atoms with E-state index in [1.807, 2.05) is 24.7 Å². The first kappa shape index (κ1) is 15.7. The van der Waals surface area contributed by atoms with Crippen molar-refractivity contribution in [3.63, 3.8) is 0 Å². The van der Waals surface area contributed by atoms with Crippen LogP contribution >= 0.6 is 27.3 Å². The zero-order valence-corrected chi connectivity index (χ0v) is 15.0. The number of aliphatic hydroxyl groups excluding tert-OH is 1. The van der Waals surface area contributed by atoms with Crippen molar-refractivity contribution < 1.29 is 5.11 Å². The molecular weight excluding hydrogens is 336 g/mol. The molecule has 20 heavy (non-hydrogen) atoms. The second-order valence-electron chi connectivity index (χ2n) is 6.14. The molecule has 0 aliphatic rings. The predicted molar refractivity (Wildman–Crippen MR) is 87.3 cm³/mol. The lowest BCUT2D eigenvalue weighted by molar-refractivity contribution is 0.179. The fourth-order valence-electron chi connectivity index (χ4n) is 2.12. The summed E-state index contributed by atoms with van der Waals surface area (Å²) < 4.78 is 2.83. The minimum Gasteiger partial charge on any atom is -0.387 e. The third-order valence-electron chi connectivity index (χ3n) is 3.34. The van der Waals surface area contributed by atoms with Crippen LogP contribution < -0.4 is 0 Å². The molecule has 1 atom stereocenters. The summed E-state index contributed by atoms with van der Waals surface area (Å²) in [6.45, 7) is 8.53. The van der Waals surface area contributed by atoms with Crippen LogP contribution in [-0.2, 0) is 18.9 Å². The van der Waals surface area contributed by atoms with Crippen molar-refractivity contribution >= 4 is 27.3 Å². The highest BCUT2D eigenvalue weighted by molar-refractivity contribution is 9.10. The molecule has 2 aromatic heterocycles. The predicted octanol–water partition coefficient (Wildman–Crippen LogP) is 4.13. The second kappa shape index (κ2) is 5.62. The van der Waals surface area contributed by atoms with E-state index in [-0.39, 0.29) is 5.41 Å². The zero-order chi connectivity index (χ0) is 15.1. The standard InChI is InChI=1S/C15H21BrN2OS/c1-9-14(16)10(18(5)17-9)8-11(19)12-6-7-13(20-12)15(2,3)4/h6-7,11,19H,8H2,1-5H3. The molecule has 2 heterocycles. The van der Waals surface area contributed by atoms with Gasteiger partial charge in [-0.05, 0) is 40.4 Å². The summed E-state index contributed by atoms with van der Waals surface area (Å²) in [5.74, 6) is 0. The molecule has 0 aliphatic heterocycles. The molecular formula is C15H21BrN2OS. The smallest absolute Gasteiger partial charge is 0.0937 e. The average Bonchev–Trinajstić information content (AvgIpc) is 2.90. The molecule has 0 aromatic carbocycles. The van der Waals surface area contributed by atoms with Gasteiger partial charge in [-0.25, -0.2) is 0 Å². The number of nitrogens with zero attached hydrogens (tertiary/aromatic N) is 2. The Bertz CT molecular complexity index is 610. The Hall–Kier alpha value is -0.650. The van der Waals surface area contributed by atoms with E-state index in [0.29, 0.717) is 6.42 Å². The molecule has 2 aromatic rings. The lowest BCUT2D eigenvalue weighted by Gasteiger charge is -2.15. The Kier molecular flexibility index (Phi) is 4.42. The zero-order valence-electron chi connectivity index (χ0n) is 12.6. The van der Waals surface area contributed by atoms with E-state index >= 15 is 0 Å². The summed E-state index contributed by atoms with van der Waals surface area (Å²) in [7, 11) is 1.91. The molecule has 5 heteroatoms. The Morgan fingerprint density at radius 3 is 2.50 bits per heavy atom. The Labute approximate surface area is 132 Å². The number of rotatable bonds is 3. The van der Waals surface area contributed by atoms with E-state index in [1.165, 1.54) is 4.88 Å². The summed E-state index contributed by atoms with van der Waals surface area (Å²) in [5.41, 5.74) is 2.11. The molecule has 110 valence electrons. The lowest BCUT2D eigenvalue weighted by atomic mass is 9.95. The fraction of sp³-hybridized carbons (Fsp3) is 0.533. The Balaban J connectivity index is 2.20. The maximum atomic E-state index is 10.5. The van der Waals surface area contributed by atoms with Crippen molar-refractivity contribution in [3.8, 4) is 0 Å². The van der Waals surface area contributed by atoms with Gasteiger partial charge in [0.05, 0.1) is 22.0 Å². The number of halogens is 1. The fourth-order valence-corrected chi connectivity index (χ4v) is 3.67. The van der Waals surface area contributed by atoms with Gasteiger partial charge in [-0.15, -0.1) is 11.3 Å². The first-order chi connectivity index (χ1) is 9.20. The van der Waals surface area contributed by atoms with Gasteiger partial charge in [0, 0.05) is 23.2 Å². The molecule has 0 saturated heterocycles. The van der Waals surface area contributed by atoms with Crippen molar-refractivity contribution in [2.75, 3.05) is 0 Å². The van der Waals surface area contributed by atoms with Crippen LogP contribution in [-0.4, -0.2) is 14.9 Å². The van der Waals surface area contributed by atoms with Crippen LogP contribution in [0, 0.1) is 6.92 Å². The summed E-state index contributed by atoms with van der Waals surface area (Å²) in [4.78, 5) is 2.31. The van der Waals surface area contributed by atoms with Crippen molar-refractivity contribution in [1.29, 1.82) is 0 Å². The van der Waals surface area contributed by atoms with E-state index in [1.54, 1.807) is 11.3 Å². The van der Waals surface area contributed by atoms with Crippen LogP contribution in [0.15, 0.2) is 16.6 Å². The molecule has 0 spiro atoms. The number of aryl methyl sites for hydroxylation is 2. The van der Waals surface area contributed by atoms with E-state index in [0.717, 1.165) is 20.7 Å². The minimum atomic E-state index is -0.484. The summed E-state index contributed by atoms with van der Waals surface area (Å²) in [6, 6.07) is 4.15. The lowest BCUT2D eigenvalue weighted by Crippen LogP contribution is -2.08. The molecule has 0 radical (unpaired) electrons. The van der Waals surface area contributed by atoms with Crippen LogP contribution in [0.3, 0.4) is 0 Å². The second-order valence-corrected chi connectivity index (χ2v) is 8.05. The number of aliphatic hydroxyl groups is 1. The van der Waals surface area contributed by atoms with E-state index in [9.17, 15) is 5.11 Å². The van der Waals surface area contributed by atoms with Gasteiger partial charge >= 0.3 is 0 Å². The number of thiophene rings is 1. The third-order valence-corrected chi connectivity index (χ3v) is 5.99. The normalized spacial score (nSPS) is 13.8. The maximum Gasteiger partial charge on any atom is 0.0937 e. The minimum absolute atomic E-state index is 0.131. The number of hydrogen-bond donors (Lipinski definition) is 1. The van der Waals surface area contributed by atoms with Crippen LogP contribution in [0.2, 0.25) is 0 Å². The highest BCUT2D eigenvalue weighted by atomic mass is 79.9. The highest BCUT2D eigenvalue weighted by Crippen LogP contribution is 2.34. The summed E-state index contributed by atoms with van der Waals surface area (Å²) >= 11 is 5.24. The first-order valence-corrected chi connectivity index (χ1v) is 8.27. The number of aromatic nitrogens is 2. The molecule has 0 fully saturated rings. The van der Waals surface area contributed by atoms with Crippen LogP contribution in [0.5, 0.6) is 0 Å². The quantitative estimate of drug-likeness (QED) is 0.897. The molecule has 0 saturated carbocycles. The maximum absolute atomic E-state index is 10.5. The third kappa shape index (κ3) is 3.15. The molecule has 0 bridgehead atoms. The van der Waals surface area contributed by atoms with E-state index in [2.05, 4.69) is 47.9 Å². The van der Waals surface area contributed by atoms with Crippen molar-refractivity contribution in [2.24, 2.45) is 7.05 Å². The average molecular weight is 357 g/mol. The highest BCUT2D eigenvalue weighted by Gasteiger charge is 2.21. The Morgan fingerprint density at radius 1 is 1.40 bits per heavy atom. The monoisotopic (exact) mass is 356 g/mol. The topological polar surface area (TPSA) is 38.0 Å². The van der Waals surface area contributed by atoms with Gasteiger partial charge in [0.1, 0.15) is 0 Å². The molecule has 1 N–H and O–H groups in total. The van der Waals surface area contributed by atoms with Gasteiger partial charge < -0.3 is 5.11 Å². The summed E-state index contributed by atoms with van der Waals surface area (Å²) in [6.07, 6.45) is 0.0874. The molecule has 2 rings (SSSR count).